The van der Waals surface area contributed by atoms with Crippen molar-refractivity contribution in [2.45, 2.75) is 27.1 Å². The molecule has 0 unspecified atom stereocenters. The van der Waals surface area contributed by atoms with Crippen molar-refractivity contribution in [3.8, 4) is 5.75 Å². The summed E-state index contributed by atoms with van der Waals surface area (Å²) in [5.41, 5.74) is 4.49. The number of nitrogens with zero attached hydrogens (tertiary/aromatic N) is 4. The number of methoxy groups -OCH3 is 1. The first kappa shape index (κ1) is 18.3. The van der Waals surface area contributed by atoms with Crippen LogP contribution >= 0.6 is 34.9 Å². The van der Waals surface area contributed by atoms with Gasteiger partial charge in [0.25, 0.3) is 0 Å². The van der Waals surface area contributed by atoms with Crippen LogP contribution in [0.25, 0.3) is 5.65 Å². The molecule has 0 atom stereocenters. The monoisotopic (exact) mass is 414 g/mol. The van der Waals surface area contributed by atoms with Crippen LogP contribution in [0.1, 0.15) is 16.8 Å². The van der Waals surface area contributed by atoms with Crippen LogP contribution < -0.4 is 4.74 Å². The lowest BCUT2D eigenvalue weighted by molar-refractivity contribution is 0.414. The van der Waals surface area contributed by atoms with Gasteiger partial charge in [0.05, 0.1) is 12.8 Å². The molecule has 138 valence electrons. The fraction of sp³-hybridized carbons (Fsp3) is 0.211. The quantitative estimate of drug-likeness (QED) is 0.393. The van der Waals surface area contributed by atoms with Crippen LogP contribution in [0, 0.1) is 6.92 Å². The van der Waals surface area contributed by atoms with Crippen molar-refractivity contribution < 1.29 is 4.74 Å². The van der Waals surface area contributed by atoms with Gasteiger partial charge in [0.15, 0.2) is 8.68 Å². The predicted octanol–water partition coefficient (Wildman–Crippen LogP) is 5.09. The second-order valence-corrected chi connectivity index (χ2v) is 9.34. The Balaban J connectivity index is 1.33. The Morgan fingerprint density at radius 2 is 1.78 bits per heavy atom. The van der Waals surface area contributed by atoms with Gasteiger partial charge in [0.1, 0.15) is 11.4 Å². The Bertz CT molecular complexity index is 1040. The van der Waals surface area contributed by atoms with Crippen LogP contribution in [0.15, 0.2) is 57.5 Å². The number of benzene rings is 1. The van der Waals surface area contributed by atoms with Crippen LogP contribution in [0.4, 0.5) is 0 Å². The van der Waals surface area contributed by atoms with Gasteiger partial charge < -0.3 is 9.14 Å². The normalized spacial score (nSPS) is 11.2. The number of rotatable bonds is 7. The number of aromatic nitrogens is 4. The first-order valence-electron chi connectivity index (χ1n) is 8.36. The van der Waals surface area contributed by atoms with E-state index in [0.717, 1.165) is 37.3 Å². The van der Waals surface area contributed by atoms with Crippen molar-refractivity contribution in [3.05, 3.63) is 65.6 Å². The smallest absolute Gasteiger partial charge is 0.175 e. The van der Waals surface area contributed by atoms with E-state index in [1.54, 1.807) is 42.0 Å². The third-order valence-electron chi connectivity index (χ3n) is 3.98. The van der Waals surface area contributed by atoms with Crippen molar-refractivity contribution in [2.75, 3.05) is 7.11 Å². The molecular weight excluding hydrogens is 396 g/mol. The molecule has 0 aliphatic rings. The molecule has 4 rings (SSSR count). The highest BCUT2D eigenvalue weighted by atomic mass is 32.2. The molecule has 0 bridgehead atoms. The summed E-state index contributed by atoms with van der Waals surface area (Å²) in [4.78, 5) is 4.71. The fourth-order valence-electron chi connectivity index (χ4n) is 2.59. The van der Waals surface area contributed by atoms with E-state index in [-0.39, 0.29) is 0 Å². The molecule has 0 radical (unpaired) electrons. The Morgan fingerprint density at radius 1 is 1.04 bits per heavy atom. The number of aryl methyl sites for hydroxylation is 1. The lowest BCUT2D eigenvalue weighted by Gasteiger charge is -2.01. The van der Waals surface area contributed by atoms with Gasteiger partial charge in [-0.2, -0.15) is 0 Å². The van der Waals surface area contributed by atoms with E-state index in [1.165, 1.54) is 11.1 Å². The lowest BCUT2D eigenvalue weighted by Crippen LogP contribution is -1.84. The van der Waals surface area contributed by atoms with Gasteiger partial charge in [-0.05, 0) is 36.2 Å². The molecule has 8 heteroatoms. The van der Waals surface area contributed by atoms with Crippen LogP contribution in [0.5, 0.6) is 5.75 Å². The molecule has 0 saturated carbocycles. The van der Waals surface area contributed by atoms with Crippen molar-refractivity contribution >= 4 is 40.5 Å². The van der Waals surface area contributed by atoms with Gasteiger partial charge in [-0.3, -0.25) is 0 Å². The minimum atomic E-state index is 0.791. The Morgan fingerprint density at radius 3 is 2.48 bits per heavy atom. The molecule has 0 N–H and O–H groups in total. The summed E-state index contributed by atoms with van der Waals surface area (Å²) in [7, 11) is 1.68. The molecule has 0 aliphatic heterocycles. The Labute approximate surface area is 170 Å². The average molecular weight is 415 g/mol. The minimum Gasteiger partial charge on any atom is -0.497 e. The second kappa shape index (κ2) is 8.33. The maximum Gasteiger partial charge on any atom is 0.175 e. The molecule has 0 spiro atoms. The predicted molar refractivity (Wildman–Crippen MR) is 112 cm³/mol. The maximum atomic E-state index is 5.19. The van der Waals surface area contributed by atoms with Crippen LogP contribution in [0.2, 0.25) is 0 Å². The molecule has 3 heterocycles. The molecule has 3 aromatic heterocycles. The van der Waals surface area contributed by atoms with Gasteiger partial charge in [0, 0.05) is 23.9 Å². The van der Waals surface area contributed by atoms with Gasteiger partial charge in [-0.1, -0.05) is 53.1 Å². The first-order chi connectivity index (χ1) is 13.2. The molecule has 1 aromatic carbocycles. The molecular formula is C19H18N4OS3. The zero-order chi connectivity index (χ0) is 18.6. The van der Waals surface area contributed by atoms with E-state index in [9.17, 15) is 0 Å². The SMILES string of the molecule is COc1ccc(CSc2nnc(SCc3cn4cccc(C)c4n3)s2)cc1. The molecule has 0 fully saturated rings. The molecule has 4 aromatic rings. The Hall–Kier alpha value is -2.03. The first-order valence-corrected chi connectivity index (χ1v) is 11.2. The number of pyridine rings is 1. The van der Waals surface area contributed by atoms with Crippen molar-refractivity contribution in [3.63, 3.8) is 0 Å². The van der Waals surface area contributed by atoms with E-state index in [0.29, 0.717) is 0 Å². The van der Waals surface area contributed by atoms with Crippen molar-refractivity contribution in [1.29, 1.82) is 0 Å². The maximum absolute atomic E-state index is 5.19. The van der Waals surface area contributed by atoms with Crippen LogP contribution in [0.3, 0.4) is 0 Å². The molecule has 0 amide bonds. The number of ether oxygens (including phenoxy) is 1. The van der Waals surface area contributed by atoms with E-state index < -0.39 is 0 Å². The topological polar surface area (TPSA) is 52.3 Å². The highest BCUT2D eigenvalue weighted by molar-refractivity contribution is 8.02. The highest BCUT2D eigenvalue weighted by Crippen LogP contribution is 2.32. The summed E-state index contributed by atoms with van der Waals surface area (Å²) in [6.45, 7) is 2.08. The summed E-state index contributed by atoms with van der Waals surface area (Å²) >= 11 is 5.02. The average Bonchev–Trinajstić information content (AvgIpc) is 3.32. The number of imidazole rings is 1. The largest absolute Gasteiger partial charge is 0.497 e. The fourth-order valence-corrected chi connectivity index (χ4v) is 5.45. The van der Waals surface area contributed by atoms with E-state index in [4.69, 9.17) is 9.72 Å². The van der Waals surface area contributed by atoms with E-state index in [2.05, 4.69) is 45.9 Å². The summed E-state index contributed by atoms with van der Waals surface area (Å²) < 4.78 is 9.22. The van der Waals surface area contributed by atoms with Crippen molar-refractivity contribution in [2.24, 2.45) is 0 Å². The summed E-state index contributed by atoms with van der Waals surface area (Å²) in [6, 6.07) is 12.2. The summed E-state index contributed by atoms with van der Waals surface area (Å²) in [5.74, 6) is 2.54. The zero-order valence-electron chi connectivity index (χ0n) is 15.0. The third kappa shape index (κ3) is 4.45. The van der Waals surface area contributed by atoms with Gasteiger partial charge in [0.2, 0.25) is 0 Å². The molecule has 0 saturated heterocycles. The second-order valence-electron chi connectivity index (χ2n) is 5.91. The van der Waals surface area contributed by atoms with Crippen LogP contribution in [-0.4, -0.2) is 26.7 Å². The summed E-state index contributed by atoms with van der Waals surface area (Å²) in [5, 5.41) is 8.59. The summed E-state index contributed by atoms with van der Waals surface area (Å²) in [6.07, 6.45) is 4.11. The van der Waals surface area contributed by atoms with Crippen molar-refractivity contribution in [1.82, 2.24) is 19.6 Å². The van der Waals surface area contributed by atoms with E-state index in [1.807, 2.05) is 24.4 Å². The number of hydrogen-bond acceptors (Lipinski definition) is 7. The minimum absolute atomic E-state index is 0.791. The highest BCUT2D eigenvalue weighted by Gasteiger charge is 2.09. The number of fused-ring (bicyclic) bond motifs is 1. The van der Waals surface area contributed by atoms with Gasteiger partial charge in [-0.15, -0.1) is 10.2 Å². The third-order valence-corrected chi connectivity index (χ3v) is 7.28. The number of thioether (sulfide) groups is 2. The van der Waals surface area contributed by atoms with Crippen LogP contribution in [-0.2, 0) is 11.5 Å². The molecule has 27 heavy (non-hydrogen) atoms. The Kier molecular flexibility index (Phi) is 5.66. The molecule has 0 aliphatic carbocycles. The number of hydrogen-bond donors (Lipinski definition) is 0. The zero-order valence-corrected chi connectivity index (χ0v) is 17.4. The van der Waals surface area contributed by atoms with Gasteiger partial charge >= 0.3 is 0 Å². The van der Waals surface area contributed by atoms with Gasteiger partial charge in [-0.25, -0.2) is 4.98 Å². The lowest BCUT2D eigenvalue weighted by atomic mass is 10.2. The van der Waals surface area contributed by atoms with E-state index >= 15 is 0 Å². The molecule has 5 nitrogen and oxygen atoms in total. The standard InChI is InChI=1S/C19H18N4OS3/c1-13-4-3-9-23-10-15(20-17(13)23)12-26-19-22-21-18(27-19)25-11-14-5-7-16(24-2)8-6-14/h3-10H,11-12H2,1-2H3.